The third-order valence-electron chi connectivity index (χ3n) is 6.37. The maximum absolute atomic E-state index is 13.7. The average Bonchev–Trinajstić information content (AvgIpc) is 2.94. The fourth-order valence-electron chi connectivity index (χ4n) is 4.31. The van der Waals surface area contributed by atoms with Crippen LogP contribution in [-0.2, 0) is 32.6 Å². The second-order valence-electron chi connectivity index (χ2n) is 9.23. The Balaban J connectivity index is 1.85. The largest absolute Gasteiger partial charge is 0.497 e. The monoisotopic (exact) mass is 605 g/mol. The lowest BCUT2D eigenvalue weighted by Crippen LogP contribution is -2.49. The van der Waals surface area contributed by atoms with Gasteiger partial charge in [0.05, 0.1) is 29.1 Å². The summed E-state index contributed by atoms with van der Waals surface area (Å²) in [5, 5.41) is 3.40. The first-order chi connectivity index (χ1) is 19.0. The molecule has 0 spiro atoms. The van der Waals surface area contributed by atoms with Crippen molar-refractivity contribution in [3.63, 3.8) is 0 Å². The molecule has 1 N–H and O–H groups in total. The van der Waals surface area contributed by atoms with Crippen molar-refractivity contribution in [1.29, 1.82) is 0 Å². The number of hydrogen-bond acceptors (Lipinski definition) is 5. The van der Waals surface area contributed by atoms with Gasteiger partial charge >= 0.3 is 0 Å². The number of hydrogen-bond donors (Lipinski definition) is 1. The first-order valence-corrected chi connectivity index (χ1v) is 15.2. The summed E-state index contributed by atoms with van der Waals surface area (Å²) in [4.78, 5) is 28.3. The van der Waals surface area contributed by atoms with Crippen molar-refractivity contribution in [2.75, 3.05) is 31.3 Å². The molecule has 3 aromatic rings. The standard InChI is InChI=1S/C29H33Cl2N3O5S/c1-32-29(36)27(19-21-8-5-4-6-9-21)33(20-22-11-16-25(30)26(31)18-22)28(35)10-7-17-34(40(3,37)38)23-12-14-24(39-2)15-13-23/h4-6,8-9,11-16,18,27H,7,10,17,19-20H2,1-3H3,(H,32,36)/t27-/m1/s1. The first-order valence-electron chi connectivity index (χ1n) is 12.6. The van der Waals surface area contributed by atoms with Crippen LogP contribution in [0, 0.1) is 0 Å². The van der Waals surface area contributed by atoms with Crippen LogP contribution in [-0.4, -0.2) is 58.1 Å². The van der Waals surface area contributed by atoms with Crippen LogP contribution in [0.25, 0.3) is 0 Å². The van der Waals surface area contributed by atoms with Crippen molar-refractivity contribution in [2.24, 2.45) is 0 Å². The summed E-state index contributed by atoms with van der Waals surface area (Å²) in [6.07, 6.45) is 1.68. The Morgan fingerprint density at radius 2 is 1.62 bits per heavy atom. The Bertz CT molecular complexity index is 1400. The van der Waals surface area contributed by atoms with E-state index >= 15 is 0 Å². The van der Waals surface area contributed by atoms with Gasteiger partial charge in [0.2, 0.25) is 21.8 Å². The van der Waals surface area contributed by atoms with E-state index in [9.17, 15) is 18.0 Å². The van der Waals surface area contributed by atoms with Gasteiger partial charge in [-0.1, -0.05) is 59.6 Å². The maximum Gasteiger partial charge on any atom is 0.242 e. The van der Waals surface area contributed by atoms with Gasteiger partial charge in [-0.3, -0.25) is 13.9 Å². The number of nitrogens with zero attached hydrogens (tertiary/aromatic N) is 2. The van der Waals surface area contributed by atoms with Crippen LogP contribution in [0.5, 0.6) is 5.75 Å². The summed E-state index contributed by atoms with van der Waals surface area (Å²) in [7, 11) is -0.552. The lowest BCUT2D eigenvalue weighted by atomic mass is 10.0. The highest BCUT2D eigenvalue weighted by molar-refractivity contribution is 7.92. The van der Waals surface area contributed by atoms with Crippen LogP contribution in [0.4, 0.5) is 5.69 Å². The van der Waals surface area contributed by atoms with Crippen LogP contribution in [0.15, 0.2) is 72.8 Å². The van der Waals surface area contributed by atoms with E-state index in [-0.39, 0.29) is 37.7 Å². The number of methoxy groups -OCH3 is 1. The number of likely N-dealkylation sites (N-methyl/N-ethyl adjacent to an activating group) is 1. The molecule has 0 saturated carbocycles. The van der Waals surface area contributed by atoms with Crippen LogP contribution < -0.4 is 14.4 Å². The molecule has 0 aliphatic heterocycles. The Morgan fingerprint density at radius 3 is 2.20 bits per heavy atom. The fraction of sp³-hybridized carbons (Fsp3) is 0.310. The van der Waals surface area contributed by atoms with Crippen molar-refractivity contribution < 1.29 is 22.7 Å². The topological polar surface area (TPSA) is 96.0 Å². The molecule has 0 aliphatic carbocycles. The number of carbonyl (C=O) groups excluding carboxylic acids is 2. The van der Waals surface area contributed by atoms with Crippen molar-refractivity contribution in [3.8, 4) is 5.75 Å². The SMILES string of the molecule is CNC(=O)[C@@H](Cc1ccccc1)N(Cc1ccc(Cl)c(Cl)c1)C(=O)CCCN(c1ccc(OC)cc1)S(C)(=O)=O. The molecule has 0 saturated heterocycles. The number of carbonyl (C=O) groups is 2. The maximum atomic E-state index is 13.7. The predicted molar refractivity (Wildman–Crippen MR) is 159 cm³/mol. The van der Waals surface area contributed by atoms with Gasteiger partial charge in [0.15, 0.2) is 0 Å². The van der Waals surface area contributed by atoms with Gasteiger partial charge in [-0.15, -0.1) is 0 Å². The van der Waals surface area contributed by atoms with Gasteiger partial charge in [0, 0.05) is 33.0 Å². The third-order valence-corrected chi connectivity index (χ3v) is 8.30. The number of sulfonamides is 1. The number of halogens is 2. The quantitative estimate of drug-likeness (QED) is 0.298. The van der Waals surface area contributed by atoms with E-state index in [4.69, 9.17) is 27.9 Å². The molecule has 0 aliphatic rings. The van der Waals surface area contributed by atoms with Crippen molar-refractivity contribution in [3.05, 3.63) is 94.0 Å². The van der Waals surface area contributed by atoms with E-state index in [1.807, 2.05) is 30.3 Å². The van der Waals surface area contributed by atoms with Crippen molar-refractivity contribution in [2.45, 2.75) is 31.8 Å². The molecule has 0 fully saturated rings. The van der Waals surface area contributed by atoms with Crippen LogP contribution in [0.1, 0.15) is 24.0 Å². The highest BCUT2D eigenvalue weighted by atomic mass is 35.5. The molecule has 0 radical (unpaired) electrons. The number of benzene rings is 3. The highest BCUT2D eigenvalue weighted by Crippen LogP contribution is 2.25. The van der Waals surface area contributed by atoms with E-state index in [0.29, 0.717) is 33.5 Å². The molecule has 0 unspecified atom stereocenters. The van der Waals surface area contributed by atoms with E-state index in [1.54, 1.807) is 42.5 Å². The molecular weight excluding hydrogens is 573 g/mol. The second kappa shape index (κ2) is 14.4. The molecule has 3 rings (SSSR count). The predicted octanol–water partition coefficient (Wildman–Crippen LogP) is 4.93. The summed E-state index contributed by atoms with van der Waals surface area (Å²) in [6.45, 7) is 0.204. The van der Waals surface area contributed by atoms with Crippen LogP contribution in [0.3, 0.4) is 0 Å². The molecule has 0 bridgehead atoms. The zero-order valence-electron chi connectivity index (χ0n) is 22.6. The van der Waals surface area contributed by atoms with Crippen LogP contribution in [0.2, 0.25) is 10.0 Å². The average molecular weight is 607 g/mol. The zero-order chi connectivity index (χ0) is 29.3. The van der Waals surface area contributed by atoms with Gasteiger partial charge in [0.25, 0.3) is 0 Å². The van der Waals surface area contributed by atoms with E-state index in [0.717, 1.165) is 11.8 Å². The van der Waals surface area contributed by atoms with Gasteiger partial charge in [-0.05, 0) is 53.9 Å². The molecule has 3 aromatic carbocycles. The van der Waals surface area contributed by atoms with Gasteiger partial charge in [0.1, 0.15) is 11.8 Å². The smallest absolute Gasteiger partial charge is 0.242 e. The minimum Gasteiger partial charge on any atom is -0.497 e. The normalized spacial score (nSPS) is 11.9. The number of nitrogens with one attached hydrogen (secondary N) is 1. The van der Waals surface area contributed by atoms with Crippen molar-refractivity contribution >= 4 is 50.7 Å². The summed E-state index contributed by atoms with van der Waals surface area (Å²) in [6, 6.07) is 20.4. The molecule has 40 heavy (non-hydrogen) atoms. The van der Waals surface area contributed by atoms with Gasteiger partial charge < -0.3 is 15.0 Å². The molecule has 2 amide bonds. The summed E-state index contributed by atoms with van der Waals surface area (Å²) in [5.41, 5.74) is 2.07. The molecular formula is C29H33Cl2N3O5S. The number of anilines is 1. The molecule has 8 nitrogen and oxygen atoms in total. The Hall–Kier alpha value is -3.27. The minimum absolute atomic E-state index is 0.0196. The second-order valence-corrected chi connectivity index (χ2v) is 11.9. The third kappa shape index (κ3) is 8.61. The molecule has 214 valence electrons. The van der Waals surface area contributed by atoms with E-state index in [2.05, 4.69) is 5.32 Å². The molecule has 0 aromatic heterocycles. The lowest BCUT2D eigenvalue weighted by molar-refractivity contribution is -0.141. The summed E-state index contributed by atoms with van der Waals surface area (Å²) >= 11 is 12.3. The Kier molecular flexibility index (Phi) is 11.2. The molecule has 1 atom stereocenters. The number of ether oxygens (including phenoxy) is 1. The van der Waals surface area contributed by atoms with E-state index in [1.165, 1.54) is 23.4 Å². The number of amides is 2. The van der Waals surface area contributed by atoms with Gasteiger partial charge in [-0.2, -0.15) is 0 Å². The molecule has 11 heteroatoms. The molecule has 0 heterocycles. The summed E-state index contributed by atoms with van der Waals surface area (Å²) < 4.78 is 31.5. The van der Waals surface area contributed by atoms with Crippen molar-refractivity contribution in [1.82, 2.24) is 10.2 Å². The zero-order valence-corrected chi connectivity index (χ0v) is 25.0. The van der Waals surface area contributed by atoms with E-state index < -0.39 is 16.1 Å². The highest BCUT2D eigenvalue weighted by Gasteiger charge is 2.30. The Morgan fingerprint density at radius 1 is 0.950 bits per heavy atom. The lowest BCUT2D eigenvalue weighted by Gasteiger charge is -2.31. The van der Waals surface area contributed by atoms with Gasteiger partial charge in [-0.25, -0.2) is 8.42 Å². The van der Waals surface area contributed by atoms with Crippen LogP contribution >= 0.6 is 23.2 Å². The minimum atomic E-state index is -3.61. The fourth-order valence-corrected chi connectivity index (χ4v) is 5.59. The summed E-state index contributed by atoms with van der Waals surface area (Å²) in [5.74, 6) is -0.00368. The Labute approximate surface area is 245 Å². The number of rotatable bonds is 13. The first kappa shape index (κ1) is 31.3.